The fourth-order valence-corrected chi connectivity index (χ4v) is 7.21. The molecule has 6 atom stereocenters. The van der Waals surface area contributed by atoms with Gasteiger partial charge in [0.15, 0.2) is 0 Å². The van der Waals surface area contributed by atoms with Crippen LogP contribution in [0.1, 0.15) is 98.3 Å². The summed E-state index contributed by atoms with van der Waals surface area (Å²) in [6.45, 7) is 13.9. The van der Waals surface area contributed by atoms with Crippen molar-refractivity contribution in [3.05, 3.63) is 35.5 Å². The van der Waals surface area contributed by atoms with Gasteiger partial charge in [-0.15, -0.1) is 0 Å². The van der Waals surface area contributed by atoms with Crippen LogP contribution in [0.5, 0.6) is 0 Å². The van der Waals surface area contributed by atoms with Gasteiger partial charge in [-0.2, -0.15) is 0 Å². The van der Waals surface area contributed by atoms with Crippen LogP contribution < -0.4 is 0 Å². The van der Waals surface area contributed by atoms with Crippen LogP contribution in [-0.4, -0.2) is 46.3 Å². The third kappa shape index (κ3) is 6.06. The van der Waals surface area contributed by atoms with Crippen molar-refractivity contribution in [1.82, 2.24) is 0 Å². The summed E-state index contributed by atoms with van der Waals surface area (Å²) in [5.74, 6) is 1.13. The van der Waals surface area contributed by atoms with E-state index >= 15 is 0 Å². The largest absolute Gasteiger partial charge is 0.396 e. The summed E-state index contributed by atoms with van der Waals surface area (Å²) in [6, 6.07) is 0. The summed E-state index contributed by atoms with van der Waals surface area (Å²) in [5.41, 5.74) is 3.37. The van der Waals surface area contributed by atoms with E-state index in [4.69, 9.17) is 4.74 Å². The first-order chi connectivity index (χ1) is 16.2. The fourth-order valence-electron chi connectivity index (χ4n) is 7.21. The van der Waals surface area contributed by atoms with E-state index in [1.807, 2.05) is 0 Å². The molecule has 0 aromatic heterocycles. The minimum atomic E-state index is -0.536. The number of aliphatic hydroxyl groups is 3. The molecule has 0 radical (unpaired) electrons. The zero-order valence-corrected chi connectivity index (χ0v) is 22.2. The van der Waals surface area contributed by atoms with Crippen molar-refractivity contribution in [1.29, 1.82) is 0 Å². The van der Waals surface area contributed by atoms with E-state index < -0.39 is 5.60 Å². The average molecular weight is 475 g/mol. The molecule has 3 aliphatic carbocycles. The van der Waals surface area contributed by atoms with Gasteiger partial charge < -0.3 is 20.1 Å². The van der Waals surface area contributed by atoms with Gasteiger partial charge in [-0.3, -0.25) is 0 Å². The summed E-state index contributed by atoms with van der Waals surface area (Å²) in [5, 5.41) is 30.4. The average Bonchev–Trinajstić information content (AvgIpc) is 3.19. The van der Waals surface area contributed by atoms with E-state index in [9.17, 15) is 15.3 Å². The second kappa shape index (κ2) is 11.9. The first-order valence-corrected chi connectivity index (χ1v) is 13.9. The second-order valence-corrected chi connectivity index (χ2v) is 11.6. The van der Waals surface area contributed by atoms with Gasteiger partial charge in [-0.25, -0.2) is 0 Å². The molecule has 0 unspecified atom stereocenters. The molecule has 0 saturated heterocycles. The van der Waals surface area contributed by atoms with Crippen LogP contribution in [0.25, 0.3) is 0 Å². The van der Waals surface area contributed by atoms with Gasteiger partial charge in [0, 0.05) is 12.5 Å². The smallest absolute Gasteiger partial charge is 0.0643 e. The van der Waals surface area contributed by atoms with Gasteiger partial charge in [0.2, 0.25) is 0 Å². The SMILES string of the molecule is C=C1/C(=C/C=C2/CCC[C@]3(C)[C@@H]([C@@H](C)OCCCC(O)(CC)CC)CC[C@@H]23)C[C@H](O)C[C@H]1CO. The zero-order chi connectivity index (χ0) is 24.9. The molecule has 3 saturated carbocycles. The Morgan fingerprint density at radius 2 is 1.97 bits per heavy atom. The molecule has 3 rings (SSSR count). The molecular weight excluding hydrogens is 424 g/mol. The molecule has 34 heavy (non-hydrogen) atoms. The van der Waals surface area contributed by atoms with E-state index in [0.29, 0.717) is 24.7 Å². The summed E-state index contributed by atoms with van der Waals surface area (Å²) < 4.78 is 6.36. The highest BCUT2D eigenvalue weighted by molar-refractivity contribution is 5.38. The quantitative estimate of drug-likeness (QED) is 0.334. The Labute approximate surface area is 208 Å². The Morgan fingerprint density at radius 3 is 2.65 bits per heavy atom. The maximum atomic E-state index is 10.5. The Kier molecular flexibility index (Phi) is 9.65. The van der Waals surface area contributed by atoms with Crippen molar-refractivity contribution in [2.24, 2.45) is 23.2 Å². The lowest BCUT2D eigenvalue weighted by molar-refractivity contribution is -0.0365. The minimum absolute atomic E-state index is 0.0236. The van der Waals surface area contributed by atoms with E-state index in [0.717, 1.165) is 49.9 Å². The maximum Gasteiger partial charge on any atom is 0.0643 e. The predicted molar refractivity (Wildman–Crippen MR) is 139 cm³/mol. The molecule has 3 aliphatic rings. The summed E-state index contributed by atoms with van der Waals surface area (Å²) >= 11 is 0. The monoisotopic (exact) mass is 474 g/mol. The van der Waals surface area contributed by atoms with Crippen LogP contribution in [0.2, 0.25) is 0 Å². The number of ether oxygens (including phenoxy) is 1. The fraction of sp³-hybridized carbons (Fsp3) is 0.800. The number of allylic oxidation sites excluding steroid dienone is 3. The molecule has 4 nitrogen and oxygen atoms in total. The van der Waals surface area contributed by atoms with Crippen LogP contribution in [0, 0.1) is 23.2 Å². The molecule has 4 heteroatoms. The topological polar surface area (TPSA) is 69.9 Å². The zero-order valence-electron chi connectivity index (χ0n) is 22.2. The Balaban J connectivity index is 1.63. The lowest BCUT2D eigenvalue weighted by atomic mass is 9.62. The van der Waals surface area contributed by atoms with E-state index in [1.54, 1.807) is 5.57 Å². The highest BCUT2D eigenvalue weighted by Gasteiger charge is 2.51. The first kappa shape index (κ1) is 27.6. The van der Waals surface area contributed by atoms with Crippen LogP contribution in [0.3, 0.4) is 0 Å². The lowest BCUT2D eigenvalue weighted by Crippen LogP contribution is -2.39. The van der Waals surface area contributed by atoms with Gasteiger partial charge in [-0.05, 0) is 106 Å². The van der Waals surface area contributed by atoms with Crippen molar-refractivity contribution in [2.45, 2.75) is 116 Å². The van der Waals surface area contributed by atoms with Gasteiger partial charge in [0.05, 0.1) is 24.4 Å². The highest BCUT2D eigenvalue weighted by Crippen LogP contribution is 2.58. The Hall–Kier alpha value is -0.940. The van der Waals surface area contributed by atoms with Crippen molar-refractivity contribution >= 4 is 0 Å². The minimum Gasteiger partial charge on any atom is -0.396 e. The molecule has 0 aromatic carbocycles. The van der Waals surface area contributed by atoms with Crippen LogP contribution in [0.15, 0.2) is 35.5 Å². The molecule has 194 valence electrons. The molecule has 0 amide bonds. The molecule has 0 spiro atoms. The number of fused-ring (bicyclic) bond motifs is 1. The van der Waals surface area contributed by atoms with Crippen LogP contribution in [-0.2, 0) is 4.74 Å². The van der Waals surface area contributed by atoms with E-state index in [1.165, 1.54) is 25.7 Å². The molecule has 0 bridgehead atoms. The van der Waals surface area contributed by atoms with Crippen molar-refractivity contribution in [2.75, 3.05) is 13.2 Å². The number of hydrogen-bond acceptors (Lipinski definition) is 4. The predicted octanol–water partition coefficient (Wildman–Crippen LogP) is 6.11. The first-order valence-electron chi connectivity index (χ1n) is 13.9. The van der Waals surface area contributed by atoms with Gasteiger partial charge >= 0.3 is 0 Å². The summed E-state index contributed by atoms with van der Waals surface area (Å²) in [6.07, 6.45) is 15.0. The second-order valence-electron chi connectivity index (χ2n) is 11.6. The molecule has 0 aliphatic heterocycles. The highest BCUT2D eigenvalue weighted by atomic mass is 16.5. The number of aliphatic hydroxyl groups excluding tert-OH is 2. The van der Waals surface area contributed by atoms with E-state index in [-0.39, 0.29) is 30.1 Å². The number of hydrogen-bond donors (Lipinski definition) is 3. The van der Waals surface area contributed by atoms with Crippen molar-refractivity contribution in [3.63, 3.8) is 0 Å². The molecule has 0 heterocycles. The summed E-state index contributed by atoms with van der Waals surface area (Å²) in [7, 11) is 0. The molecule has 0 aromatic rings. The normalized spacial score (nSPS) is 35.7. The lowest BCUT2D eigenvalue weighted by Gasteiger charge is -2.44. The third-order valence-electron chi connectivity index (χ3n) is 9.72. The summed E-state index contributed by atoms with van der Waals surface area (Å²) in [4.78, 5) is 0. The standard InChI is InChI=1S/C30H50O4/c1-6-30(33,7-2)16-9-17-34-22(4)27-13-14-28-23(10-8-15-29(27,28)5)11-12-24-18-26(32)19-25(20-31)21(24)3/h11-12,22,25-28,31-33H,3,6-10,13-20H2,1-2,4-5H3/b23-11-,24-12+/t22-,25+,26+,27-,28+,29-/m1/s1. The van der Waals surface area contributed by atoms with Gasteiger partial charge in [0.1, 0.15) is 0 Å². The molecule has 3 fully saturated rings. The molecular formula is C30H50O4. The van der Waals surface area contributed by atoms with Crippen molar-refractivity contribution < 1.29 is 20.1 Å². The van der Waals surface area contributed by atoms with Crippen LogP contribution >= 0.6 is 0 Å². The van der Waals surface area contributed by atoms with Crippen molar-refractivity contribution in [3.8, 4) is 0 Å². The van der Waals surface area contributed by atoms with Gasteiger partial charge in [-0.1, -0.05) is 45.1 Å². The van der Waals surface area contributed by atoms with E-state index in [2.05, 4.69) is 46.4 Å². The van der Waals surface area contributed by atoms with Gasteiger partial charge in [0.25, 0.3) is 0 Å². The molecule has 3 N–H and O–H groups in total. The third-order valence-corrected chi connectivity index (χ3v) is 9.72. The maximum absolute atomic E-state index is 10.5. The van der Waals surface area contributed by atoms with Crippen LogP contribution in [0.4, 0.5) is 0 Å². The number of rotatable bonds is 10. The Morgan fingerprint density at radius 1 is 1.24 bits per heavy atom. The Bertz CT molecular complexity index is 749.